The number of benzene rings is 1. The standard InChI is InChI=1S/C20H25NO.2CO2/c1-16(2)19(22)20(12-7-4-8-13-20)21-14-11-18(15-21)17-9-5-3-6-10-17;2*2-1-3/h3,5-6,9-11,14-16H,4,7-8,12-13H2,1-2H3;;. The van der Waals surface area contributed by atoms with Gasteiger partial charge in [0, 0.05) is 18.3 Å². The van der Waals surface area contributed by atoms with Gasteiger partial charge >= 0.3 is 12.3 Å². The van der Waals surface area contributed by atoms with Gasteiger partial charge in [-0.15, -0.1) is 0 Å². The van der Waals surface area contributed by atoms with Gasteiger partial charge < -0.3 is 4.57 Å². The van der Waals surface area contributed by atoms with E-state index in [1.54, 1.807) is 0 Å². The Bertz CT molecular complexity index is 792. The molecule has 6 heteroatoms. The van der Waals surface area contributed by atoms with Gasteiger partial charge in [-0.3, -0.25) is 4.79 Å². The third-order valence-electron chi connectivity index (χ3n) is 4.96. The molecule has 1 aliphatic rings. The molecule has 6 nitrogen and oxygen atoms in total. The molecule has 1 aromatic carbocycles. The van der Waals surface area contributed by atoms with Gasteiger partial charge in [0.1, 0.15) is 5.54 Å². The number of Topliss-reactive ketones (excluding diaryl/α,β-unsaturated/α-hetero) is 1. The predicted octanol–water partition coefficient (Wildman–Crippen LogP) is 3.87. The van der Waals surface area contributed by atoms with Gasteiger partial charge in [0.2, 0.25) is 0 Å². The van der Waals surface area contributed by atoms with Crippen LogP contribution in [0.4, 0.5) is 0 Å². The van der Waals surface area contributed by atoms with E-state index in [9.17, 15) is 4.79 Å². The number of carbonyl (C=O) groups excluding carboxylic acids is 5. The zero-order chi connectivity index (χ0) is 21.0. The van der Waals surface area contributed by atoms with Crippen LogP contribution in [0.15, 0.2) is 48.8 Å². The summed E-state index contributed by atoms with van der Waals surface area (Å²) in [4.78, 5) is 45.4. The third-order valence-corrected chi connectivity index (χ3v) is 4.96. The Hall–Kier alpha value is -3.07. The minimum atomic E-state index is -0.320. The number of hydrogen-bond donors (Lipinski definition) is 0. The average Bonchev–Trinajstić information content (AvgIpc) is 3.21. The molecular formula is C22H25NO5. The smallest absolute Gasteiger partial charge is 0.341 e. The Morgan fingerprint density at radius 1 is 0.893 bits per heavy atom. The lowest BCUT2D eigenvalue weighted by atomic mass is 9.75. The van der Waals surface area contributed by atoms with Gasteiger partial charge in [0.15, 0.2) is 5.78 Å². The molecule has 1 saturated carbocycles. The minimum Gasteiger partial charge on any atom is -0.341 e. The molecule has 0 spiro atoms. The van der Waals surface area contributed by atoms with Crippen LogP contribution < -0.4 is 0 Å². The molecule has 1 fully saturated rings. The number of rotatable bonds is 4. The summed E-state index contributed by atoms with van der Waals surface area (Å²) in [5.74, 6) is 0.475. The topological polar surface area (TPSA) is 90.3 Å². The maximum atomic E-state index is 12.9. The van der Waals surface area contributed by atoms with Crippen molar-refractivity contribution in [2.75, 3.05) is 0 Å². The Morgan fingerprint density at radius 2 is 1.43 bits per heavy atom. The van der Waals surface area contributed by atoms with Crippen molar-refractivity contribution in [2.45, 2.75) is 51.5 Å². The summed E-state index contributed by atoms with van der Waals surface area (Å²) in [6.07, 6.45) is 10.3. The molecular weight excluding hydrogens is 358 g/mol. The Balaban J connectivity index is 0.000000582. The van der Waals surface area contributed by atoms with E-state index in [1.165, 1.54) is 17.5 Å². The maximum absolute atomic E-state index is 12.9. The number of ketones is 1. The van der Waals surface area contributed by atoms with Crippen LogP contribution in [0.2, 0.25) is 0 Å². The van der Waals surface area contributed by atoms with Crippen LogP contribution in [0.5, 0.6) is 0 Å². The molecule has 1 aliphatic carbocycles. The zero-order valence-corrected chi connectivity index (χ0v) is 16.2. The highest BCUT2D eigenvalue weighted by molar-refractivity contribution is 5.88. The molecule has 0 N–H and O–H groups in total. The van der Waals surface area contributed by atoms with Crippen LogP contribution in [0.3, 0.4) is 0 Å². The second-order valence-electron chi connectivity index (χ2n) is 6.95. The molecule has 0 unspecified atom stereocenters. The van der Waals surface area contributed by atoms with E-state index in [0.717, 1.165) is 25.7 Å². The van der Waals surface area contributed by atoms with Crippen LogP contribution in [-0.2, 0) is 29.5 Å². The molecule has 28 heavy (non-hydrogen) atoms. The molecule has 0 aliphatic heterocycles. The van der Waals surface area contributed by atoms with Crippen LogP contribution in [-0.4, -0.2) is 22.7 Å². The first-order valence-electron chi connectivity index (χ1n) is 9.23. The molecule has 0 saturated heterocycles. The Labute approximate surface area is 164 Å². The van der Waals surface area contributed by atoms with E-state index in [0.29, 0.717) is 5.78 Å². The lowest BCUT2D eigenvalue weighted by Crippen LogP contribution is -2.45. The number of nitrogens with zero attached hydrogens (tertiary/aromatic N) is 1. The van der Waals surface area contributed by atoms with Gasteiger partial charge in [-0.25, -0.2) is 0 Å². The number of hydrogen-bond acceptors (Lipinski definition) is 5. The monoisotopic (exact) mass is 383 g/mol. The fourth-order valence-electron chi connectivity index (χ4n) is 3.77. The normalized spacial score (nSPS) is 14.4. The minimum absolute atomic E-state index is 0.0840. The maximum Gasteiger partial charge on any atom is 0.373 e. The lowest BCUT2D eigenvalue weighted by molar-refractivity contribution is -0.193. The van der Waals surface area contributed by atoms with E-state index >= 15 is 0 Å². The first-order chi connectivity index (χ1) is 13.5. The largest absolute Gasteiger partial charge is 0.373 e. The van der Waals surface area contributed by atoms with Gasteiger partial charge in [0.25, 0.3) is 0 Å². The summed E-state index contributed by atoms with van der Waals surface area (Å²) in [6.45, 7) is 4.06. The van der Waals surface area contributed by atoms with E-state index < -0.39 is 0 Å². The SMILES string of the molecule is CC(C)C(=O)C1(n2ccc(-c3ccccc3)c2)CCCCC1.O=C=O.O=C=O. The highest BCUT2D eigenvalue weighted by Gasteiger charge is 2.41. The van der Waals surface area contributed by atoms with Gasteiger partial charge in [-0.05, 0) is 30.0 Å². The first kappa shape index (κ1) is 23.0. The summed E-state index contributed by atoms with van der Waals surface area (Å²) >= 11 is 0. The number of aromatic nitrogens is 1. The van der Waals surface area contributed by atoms with E-state index in [-0.39, 0.29) is 23.8 Å². The first-order valence-corrected chi connectivity index (χ1v) is 9.23. The summed E-state index contributed by atoms with van der Waals surface area (Å²) in [7, 11) is 0. The van der Waals surface area contributed by atoms with Crippen molar-refractivity contribution in [3.63, 3.8) is 0 Å². The third kappa shape index (κ3) is 5.71. The van der Waals surface area contributed by atoms with Crippen molar-refractivity contribution in [1.82, 2.24) is 4.57 Å². The van der Waals surface area contributed by atoms with E-state index in [1.807, 2.05) is 19.9 Å². The second kappa shape index (κ2) is 11.6. The number of carbonyl (C=O) groups is 1. The fourth-order valence-corrected chi connectivity index (χ4v) is 3.77. The summed E-state index contributed by atoms with van der Waals surface area (Å²) in [6, 6.07) is 12.5. The van der Waals surface area contributed by atoms with Crippen molar-refractivity contribution in [2.24, 2.45) is 5.92 Å². The quantitative estimate of drug-likeness (QED) is 0.799. The molecule has 2 aromatic rings. The molecule has 3 rings (SSSR count). The van der Waals surface area contributed by atoms with Crippen LogP contribution in [0.25, 0.3) is 11.1 Å². The van der Waals surface area contributed by atoms with Gasteiger partial charge in [-0.2, -0.15) is 19.2 Å². The van der Waals surface area contributed by atoms with Crippen LogP contribution in [0.1, 0.15) is 46.0 Å². The molecule has 0 amide bonds. The summed E-state index contributed by atoms with van der Waals surface area (Å²) in [5, 5.41) is 0. The highest BCUT2D eigenvalue weighted by atomic mass is 16.2. The van der Waals surface area contributed by atoms with Gasteiger partial charge in [-0.1, -0.05) is 63.4 Å². The fraction of sp³-hybridized carbons (Fsp3) is 0.409. The lowest BCUT2D eigenvalue weighted by Gasteiger charge is -2.38. The molecule has 0 bridgehead atoms. The van der Waals surface area contributed by atoms with Crippen molar-refractivity contribution in [3.05, 3.63) is 48.8 Å². The Morgan fingerprint density at radius 3 is 1.93 bits per heavy atom. The molecule has 1 aromatic heterocycles. The van der Waals surface area contributed by atoms with Crippen LogP contribution in [0, 0.1) is 5.92 Å². The summed E-state index contributed by atoms with van der Waals surface area (Å²) < 4.78 is 2.21. The Kier molecular flexibility index (Phi) is 9.52. The van der Waals surface area contributed by atoms with E-state index in [2.05, 4.69) is 47.3 Å². The molecule has 0 atom stereocenters. The van der Waals surface area contributed by atoms with Crippen molar-refractivity contribution in [1.29, 1.82) is 0 Å². The van der Waals surface area contributed by atoms with Crippen LogP contribution >= 0.6 is 0 Å². The van der Waals surface area contributed by atoms with Gasteiger partial charge in [0.05, 0.1) is 0 Å². The van der Waals surface area contributed by atoms with E-state index in [4.69, 9.17) is 19.2 Å². The summed E-state index contributed by atoms with van der Waals surface area (Å²) in [5.41, 5.74) is 2.09. The molecule has 1 heterocycles. The van der Waals surface area contributed by atoms with Crippen molar-refractivity contribution in [3.8, 4) is 11.1 Å². The second-order valence-corrected chi connectivity index (χ2v) is 6.95. The van der Waals surface area contributed by atoms with Crippen molar-refractivity contribution < 1.29 is 24.0 Å². The predicted molar refractivity (Wildman–Crippen MR) is 101 cm³/mol. The molecule has 0 radical (unpaired) electrons. The average molecular weight is 383 g/mol. The zero-order valence-electron chi connectivity index (χ0n) is 16.2. The highest BCUT2D eigenvalue weighted by Crippen LogP contribution is 2.39. The molecule has 148 valence electrons. The van der Waals surface area contributed by atoms with Crippen molar-refractivity contribution >= 4 is 18.1 Å².